The monoisotopic (exact) mass is 516 g/mol. The van der Waals surface area contributed by atoms with Gasteiger partial charge in [-0.3, -0.25) is 29.3 Å². The summed E-state index contributed by atoms with van der Waals surface area (Å²) in [6, 6.07) is 2.76. The number of anilines is 1. The second-order valence-electron chi connectivity index (χ2n) is 11.1. The van der Waals surface area contributed by atoms with Crippen molar-refractivity contribution in [3.63, 3.8) is 0 Å². The van der Waals surface area contributed by atoms with Crippen molar-refractivity contribution in [3.8, 4) is 5.75 Å². The molecule has 4 rings (SSSR count). The van der Waals surface area contributed by atoms with E-state index in [1.807, 2.05) is 20.8 Å². The lowest BCUT2D eigenvalue weighted by molar-refractivity contribution is -0.188. The molecule has 3 aliphatic carbocycles. The highest BCUT2D eigenvalue weighted by molar-refractivity contribution is 6.31. The van der Waals surface area contributed by atoms with Crippen LogP contribution < -0.4 is 11.1 Å². The number of aliphatic hydroxyl groups is 2. The van der Waals surface area contributed by atoms with Crippen molar-refractivity contribution >= 4 is 40.8 Å². The van der Waals surface area contributed by atoms with Crippen LogP contribution in [0.2, 0.25) is 0 Å². The molecule has 2 amide bonds. The van der Waals surface area contributed by atoms with Gasteiger partial charge in [0.05, 0.1) is 29.9 Å². The molecule has 37 heavy (non-hydrogen) atoms. The number of nitrogens with two attached hydrogens (primary N) is 1. The van der Waals surface area contributed by atoms with Gasteiger partial charge in [0.15, 0.2) is 34.7 Å². The molecule has 0 bridgehead atoms. The molecule has 0 heterocycles. The van der Waals surface area contributed by atoms with E-state index >= 15 is 0 Å². The molecule has 6 atom stereocenters. The van der Waals surface area contributed by atoms with Gasteiger partial charge in [-0.1, -0.05) is 26.8 Å². The van der Waals surface area contributed by atoms with Gasteiger partial charge >= 0.3 is 6.09 Å². The smallest absolute Gasteiger partial charge is 0.411 e. The van der Waals surface area contributed by atoms with Crippen LogP contribution in [0.15, 0.2) is 12.1 Å². The van der Waals surface area contributed by atoms with E-state index in [4.69, 9.17) is 10.5 Å². The Morgan fingerprint density at radius 3 is 2.38 bits per heavy atom. The Kier molecular flexibility index (Phi) is 6.24. The average Bonchev–Trinajstić information content (AvgIpc) is 2.79. The maximum absolute atomic E-state index is 13.5. The summed E-state index contributed by atoms with van der Waals surface area (Å²) in [6.07, 6.45) is -3.27. The molecule has 1 aromatic carbocycles. The fourth-order valence-electron chi connectivity index (χ4n) is 5.49. The summed E-state index contributed by atoms with van der Waals surface area (Å²) in [5.41, 5.74) is 1.61. The number of Topliss-reactive ketones (excluding diaryl/α,β-unsaturated/α-hetero) is 4. The SMILES string of the molecule is CC(C)(C)COC(=O)Nc1ccc2c(c1O)C(=O)C1C(=O)[C@]3(O)C(=O)C(C(N)=O)C(=O)C[C@@H]3[C@@H](O)[C@@H]1C2. The molecular weight excluding hydrogens is 488 g/mol. The Balaban J connectivity index is 1.70. The van der Waals surface area contributed by atoms with E-state index in [2.05, 4.69) is 5.32 Å². The molecule has 2 fully saturated rings. The Labute approximate surface area is 211 Å². The highest BCUT2D eigenvalue weighted by Crippen LogP contribution is 2.50. The normalized spacial score (nSPS) is 31.2. The van der Waals surface area contributed by atoms with E-state index in [1.54, 1.807) is 0 Å². The first-order chi connectivity index (χ1) is 17.1. The van der Waals surface area contributed by atoms with Gasteiger partial charge in [-0.25, -0.2) is 4.79 Å². The Hall–Kier alpha value is -3.64. The van der Waals surface area contributed by atoms with Crippen molar-refractivity contribution in [2.75, 3.05) is 11.9 Å². The van der Waals surface area contributed by atoms with Gasteiger partial charge in [-0.05, 0) is 23.5 Å². The largest absolute Gasteiger partial charge is 0.505 e. The number of benzene rings is 1. The summed E-state index contributed by atoms with van der Waals surface area (Å²) in [5, 5.41) is 35.4. The van der Waals surface area contributed by atoms with E-state index in [1.165, 1.54) is 12.1 Å². The number of phenolic OH excluding ortho intramolecular Hbond substituents is 1. The molecule has 0 aliphatic heterocycles. The van der Waals surface area contributed by atoms with Crippen molar-refractivity contribution in [2.45, 2.75) is 45.3 Å². The number of ketones is 4. The third kappa shape index (κ3) is 4.09. The lowest BCUT2D eigenvalue weighted by atomic mass is 9.52. The molecule has 2 saturated carbocycles. The van der Waals surface area contributed by atoms with E-state index in [0.717, 1.165) is 0 Å². The summed E-state index contributed by atoms with van der Waals surface area (Å²) in [6.45, 7) is 5.61. The summed E-state index contributed by atoms with van der Waals surface area (Å²) in [7, 11) is 0. The fraction of sp³-hybridized carbons (Fsp3) is 0.520. The Bertz CT molecular complexity index is 1250. The maximum atomic E-state index is 13.5. The number of carbonyl (C=O) groups excluding carboxylic acids is 6. The fourth-order valence-corrected chi connectivity index (χ4v) is 5.49. The molecule has 12 heteroatoms. The second kappa shape index (κ2) is 8.73. The predicted molar refractivity (Wildman–Crippen MR) is 124 cm³/mol. The number of aliphatic hydroxyl groups excluding tert-OH is 1. The molecule has 2 unspecified atom stereocenters. The number of fused-ring (bicyclic) bond motifs is 3. The topological polar surface area (TPSA) is 210 Å². The number of primary amides is 1. The van der Waals surface area contributed by atoms with Gasteiger partial charge in [0.25, 0.3) is 0 Å². The van der Waals surface area contributed by atoms with Crippen LogP contribution in [0.1, 0.15) is 43.1 Å². The van der Waals surface area contributed by atoms with Gasteiger partial charge in [-0.2, -0.15) is 0 Å². The minimum atomic E-state index is -2.98. The van der Waals surface area contributed by atoms with Crippen LogP contribution in [0.4, 0.5) is 10.5 Å². The number of phenols is 1. The zero-order valence-electron chi connectivity index (χ0n) is 20.4. The highest BCUT2D eigenvalue weighted by atomic mass is 16.5. The lowest BCUT2D eigenvalue weighted by Gasteiger charge is -2.51. The number of hydrogen-bond donors (Lipinski definition) is 5. The molecule has 6 N–H and O–H groups in total. The molecule has 3 aliphatic rings. The molecule has 0 spiro atoms. The van der Waals surface area contributed by atoms with Crippen molar-refractivity contribution in [1.29, 1.82) is 0 Å². The third-order valence-electron chi connectivity index (χ3n) is 7.26. The molecule has 12 nitrogen and oxygen atoms in total. The van der Waals surface area contributed by atoms with Gasteiger partial charge < -0.3 is 25.8 Å². The van der Waals surface area contributed by atoms with Crippen LogP contribution in [0.3, 0.4) is 0 Å². The van der Waals surface area contributed by atoms with E-state index in [0.29, 0.717) is 0 Å². The first kappa shape index (κ1) is 26.4. The number of aromatic hydroxyl groups is 1. The van der Waals surface area contributed by atoms with Crippen molar-refractivity contribution in [2.24, 2.45) is 34.8 Å². The van der Waals surface area contributed by atoms with E-state index in [-0.39, 0.29) is 35.3 Å². The number of nitrogens with one attached hydrogen (secondary N) is 1. The summed E-state index contributed by atoms with van der Waals surface area (Å²) in [5.74, 6) is -13.1. The molecule has 0 saturated heterocycles. The van der Waals surface area contributed by atoms with Crippen LogP contribution in [0.5, 0.6) is 5.75 Å². The van der Waals surface area contributed by atoms with Crippen molar-refractivity contribution in [1.82, 2.24) is 0 Å². The van der Waals surface area contributed by atoms with Gasteiger partial charge in [0.1, 0.15) is 5.75 Å². The van der Waals surface area contributed by atoms with Crippen LogP contribution in [0, 0.1) is 29.1 Å². The van der Waals surface area contributed by atoms with E-state index < -0.39 is 82.7 Å². The number of carbonyl (C=O) groups is 6. The highest BCUT2D eigenvalue weighted by Gasteiger charge is 2.69. The molecular formula is C25H28N2O10. The van der Waals surface area contributed by atoms with Gasteiger partial charge in [0.2, 0.25) is 5.91 Å². The number of amides is 2. The minimum absolute atomic E-state index is 0.0716. The standard InChI is InChI=1S/C25H28N2O10/c1-24(2,3)8-37-23(35)27-12-5-4-9-6-10-15(19(31)14(9)18(12)30)20(32)25(36)11(17(10)29)7-13(28)16(21(25)33)22(26)34/h4-5,10-11,15-17,29-30,36H,6-8H2,1-3H3,(H2,26,34)(H,27,35)/t10-,11-,15?,16?,17+,25+/m1/s1. The first-order valence-electron chi connectivity index (χ1n) is 11.7. The molecule has 1 aromatic rings. The minimum Gasteiger partial charge on any atom is -0.505 e. The predicted octanol–water partition coefficient (Wildman–Crippen LogP) is -0.108. The summed E-state index contributed by atoms with van der Waals surface area (Å²) >= 11 is 0. The summed E-state index contributed by atoms with van der Waals surface area (Å²) < 4.78 is 5.11. The third-order valence-corrected chi connectivity index (χ3v) is 7.26. The zero-order valence-corrected chi connectivity index (χ0v) is 20.4. The molecule has 198 valence electrons. The number of ether oxygens (including phenoxy) is 1. The van der Waals surface area contributed by atoms with Crippen LogP contribution in [-0.2, 0) is 30.3 Å². The number of hydrogen-bond acceptors (Lipinski definition) is 10. The van der Waals surface area contributed by atoms with Crippen molar-refractivity contribution in [3.05, 3.63) is 23.3 Å². The lowest BCUT2D eigenvalue weighted by Crippen LogP contribution is -2.72. The Morgan fingerprint density at radius 2 is 1.78 bits per heavy atom. The average molecular weight is 517 g/mol. The summed E-state index contributed by atoms with van der Waals surface area (Å²) in [4.78, 5) is 76.2. The van der Waals surface area contributed by atoms with Gasteiger partial charge in [-0.15, -0.1) is 0 Å². The maximum Gasteiger partial charge on any atom is 0.411 e. The molecule has 0 aromatic heterocycles. The zero-order chi connectivity index (χ0) is 27.6. The second-order valence-corrected chi connectivity index (χ2v) is 11.1. The quantitative estimate of drug-likeness (QED) is 0.266. The van der Waals surface area contributed by atoms with Gasteiger partial charge in [0, 0.05) is 18.3 Å². The van der Waals surface area contributed by atoms with Crippen LogP contribution >= 0.6 is 0 Å². The van der Waals surface area contributed by atoms with Crippen molar-refractivity contribution < 1.29 is 48.8 Å². The number of rotatable bonds is 3. The molecule has 0 radical (unpaired) electrons. The Morgan fingerprint density at radius 1 is 1.14 bits per heavy atom. The van der Waals surface area contributed by atoms with E-state index in [9.17, 15) is 44.1 Å². The first-order valence-corrected chi connectivity index (χ1v) is 11.7. The van der Waals surface area contributed by atoms with Crippen LogP contribution in [-0.4, -0.2) is 68.8 Å². The van der Waals surface area contributed by atoms with Crippen LogP contribution in [0.25, 0.3) is 0 Å².